The SMILES string of the molecule is CN1C[C@@H](CCO)C[C@H]1C(=O)OCC(=O)c1ccc2c(c1)COc1cc3c(cc1-2)CCCC3=O. The summed E-state index contributed by atoms with van der Waals surface area (Å²) < 4.78 is 11.3. The quantitative estimate of drug-likeness (QED) is 0.519. The summed E-state index contributed by atoms with van der Waals surface area (Å²) in [5, 5.41) is 9.14. The molecule has 0 amide bonds. The third-order valence-corrected chi connectivity index (χ3v) is 7.25. The van der Waals surface area contributed by atoms with Gasteiger partial charge < -0.3 is 14.6 Å². The number of ketones is 2. The molecule has 1 aliphatic carbocycles. The number of esters is 1. The summed E-state index contributed by atoms with van der Waals surface area (Å²) in [4.78, 5) is 39.5. The molecule has 34 heavy (non-hydrogen) atoms. The van der Waals surface area contributed by atoms with Gasteiger partial charge >= 0.3 is 5.97 Å². The Morgan fingerprint density at radius 1 is 1.12 bits per heavy atom. The van der Waals surface area contributed by atoms with Crippen LogP contribution in [-0.4, -0.2) is 60.4 Å². The second-order valence-corrected chi connectivity index (χ2v) is 9.54. The smallest absolute Gasteiger partial charge is 0.323 e. The average molecular weight is 464 g/mol. The molecule has 7 nitrogen and oxygen atoms in total. The number of aryl methyl sites for hydroxylation is 1. The minimum atomic E-state index is -0.397. The Balaban J connectivity index is 1.28. The number of aliphatic hydroxyl groups is 1. The van der Waals surface area contributed by atoms with E-state index in [0.717, 1.165) is 47.2 Å². The number of hydrogen-bond acceptors (Lipinski definition) is 7. The Bertz CT molecular complexity index is 1160. The van der Waals surface area contributed by atoms with Crippen molar-refractivity contribution >= 4 is 17.5 Å². The number of benzene rings is 2. The lowest BCUT2D eigenvalue weighted by atomic mass is 9.86. The number of carbonyl (C=O) groups excluding carboxylic acids is 3. The first kappa shape index (κ1) is 22.7. The first-order valence-corrected chi connectivity index (χ1v) is 11.9. The molecule has 3 aliphatic rings. The Kier molecular flexibility index (Phi) is 6.23. The molecule has 7 heteroatoms. The van der Waals surface area contributed by atoms with Gasteiger partial charge in [0.05, 0.1) is 0 Å². The van der Waals surface area contributed by atoms with Crippen LogP contribution in [0.4, 0.5) is 0 Å². The molecule has 0 bridgehead atoms. The molecule has 0 saturated carbocycles. The van der Waals surface area contributed by atoms with Crippen LogP contribution in [0.2, 0.25) is 0 Å². The van der Waals surface area contributed by atoms with Gasteiger partial charge in [0.15, 0.2) is 18.2 Å². The number of hydrogen-bond donors (Lipinski definition) is 1. The molecule has 2 aliphatic heterocycles. The monoisotopic (exact) mass is 463 g/mol. The van der Waals surface area contributed by atoms with Crippen molar-refractivity contribution in [3.63, 3.8) is 0 Å². The van der Waals surface area contributed by atoms with Crippen molar-refractivity contribution < 1.29 is 29.0 Å². The number of likely N-dealkylation sites (N-methyl/N-ethyl adjacent to an activating group) is 1. The van der Waals surface area contributed by atoms with Crippen LogP contribution in [-0.2, 0) is 22.6 Å². The van der Waals surface area contributed by atoms with Crippen molar-refractivity contribution in [1.82, 2.24) is 4.90 Å². The van der Waals surface area contributed by atoms with Crippen molar-refractivity contribution in [3.05, 3.63) is 52.6 Å². The number of ether oxygens (including phenoxy) is 2. The van der Waals surface area contributed by atoms with Crippen molar-refractivity contribution in [3.8, 4) is 16.9 Å². The molecule has 2 aromatic carbocycles. The summed E-state index contributed by atoms with van der Waals surface area (Å²) in [6.45, 7) is 0.846. The van der Waals surface area contributed by atoms with E-state index in [1.807, 2.05) is 30.1 Å². The predicted molar refractivity (Wildman–Crippen MR) is 125 cm³/mol. The maximum Gasteiger partial charge on any atom is 0.323 e. The largest absolute Gasteiger partial charge is 0.488 e. The summed E-state index contributed by atoms with van der Waals surface area (Å²) in [5.41, 5.74) is 5.13. The number of carbonyl (C=O) groups is 3. The number of aliphatic hydroxyl groups excluding tert-OH is 1. The number of nitrogens with zero attached hydrogens (tertiary/aromatic N) is 1. The second-order valence-electron chi connectivity index (χ2n) is 9.54. The zero-order chi connectivity index (χ0) is 23.8. The Hall–Kier alpha value is -3.03. The summed E-state index contributed by atoms with van der Waals surface area (Å²) in [5.74, 6) is 0.475. The molecule has 2 heterocycles. The van der Waals surface area contributed by atoms with Crippen LogP contribution in [0.1, 0.15) is 57.5 Å². The van der Waals surface area contributed by atoms with E-state index in [-0.39, 0.29) is 36.7 Å². The van der Waals surface area contributed by atoms with E-state index in [1.165, 1.54) is 0 Å². The van der Waals surface area contributed by atoms with E-state index < -0.39 is 5.97 Å². The van der Waals surface area contributed by atoms with Crippen LogP contribution in [0.5, 0.6) is 5.75 Å². The maximum atomic E-state index is 12.8. The molecule has 1 N–H and O–H groups in total. The molecule has 0 unspecified atom stereocenters. The minimum Gasteiger partial charge on any atom is -0.488 e. The number of Topliss-reactive ketones (excluding diaryl/α,β-unsaturated/α-hetero) is 2. The van der Waals surface area contributed by atoms with Gasteiger partial charge in [-0.2, -0.15) is 0 Å². The summed E-state index contributed by atoms with van der Waals surface area (Å²) in [7, 11) is 1.86. The van der Waals surface area contributed by atoms with Crippen LogP contribution < -0.4 is 4.74 Å². The molecule has 0 aromatic heterocycles. The summed E-state index contributed by atoms with van der Waals surface area (Å²) in [6.07, 6.45) is 3.62. The van der Waals surface area contributed by atoms with Crippen molar-refractivity contribution in [2.45, 2.75) is 44.8 Å². The lowest BCUT2D eigenvalue weighted by Crippen LogP contribution is -2.35. The number of fused-ring (bicyclic) bond motifs is 4. The van der Waals surface area contributed by atoms with Crippen LogP contribution in [0.25, 0.3) is 11.1 Å². The van der Waals surface area contributed by atoms with E-state index in [4.69, 9.17) is 14.6 Å². The molecule has 0 radical (unpaired) electrons. The van der Waals surface area contributed by atoms with Crippen LogP contribution in [0.3, 0.4) is 0 Å². The van der Waals surface area contributed by atoms with E-state index in [1.54, 1.807) is 12.1 Å². The van der Waals surface area contributed by atoms with Gasteiger partial charge in [0.2, 0.25) is 0 Å². The van der Waals surface area contributed by atoms with Gasteiger partial charge in [0, 0.05) is 36.3 Å². The van der Waals surface area contributed by atoms with Gasteiger partial charge in [-0.05, 0) is 73.5 Å². The fourth-order valence-electron chi connectivity index (χ4n) is 5.39. The highest BCUT2D eigenvalue weighted by molar-refractivity contribution is 6.01. The van der Waals surface area contributed by atoms with Gasteiger partial charge in [-0.3, -0.25) is 19.3 Å². The minimum absolute atomic E-state index is 0.103. The molecule has 2 aromatic rings. The van der Waals surface area contributed by atoms with E-state index in [2.05, 4.69) is 0 Å². The van der Waals surface area contributed by atoms with Gasteiger partial charge in [0.1, 0.15) is 18.4 Å². The standard InChI is InChI=1S/C27H29NO6/c1-28-13-16(7-8-29)9-23(28)27(32)34-15-25(31)18-5-6-20-19(10-18)14-33-26-12-21-17(11-22(20)26)3-2-4-24(21)30/h5-6,10-12,16,23,29H,2-4,7-9,13-15H2,1H3/t16-,23-/m0/s1. The van der Waals surface area contributed by atoms with Gasteiger partial charge in [-0.1, -0.05) is 12.1 Å². The average Bonchev–Trinajstić information content (AvgIpc) is 3.21. The third kappa shape index (κ3) is 4.26. The molecule has 0 spiro atoms. The van der Waals surface area contributed by atoms with Crippen molar-refractivity contribution in [2.75, 3.05) is 26.8 Å². The topological polar surface area (TPSA) is 93.1 Å². The Labute approximate surface area is 198 Å². The Morgan fingerprint density at radius 3 is 2.79 bits per heavy atom. The maximum absolute atomic E-state index is 12.8. The fourth-order valence-corrected chi connectivity index (χ4v) is 5.39. The number of rotatable bonds is 6. The first-order valence-electron chi connectivity index (χ1n) is 11.9. The van der Waals surface area contributed by atoms with Gasteiger partial charge in [-0.15, -0.1) is 0 Å². The highest BCUT2D eigenvalue weighted by Gasteiger charge is 2.35. The molecular weight excluding hydrogens is 434 g/mol. The van der Waals surface area contributed by atoms with E-state index in [0.29, 0.717) is 37.2 Å². The normalized spacial score (nSPS) is 21.3. The second kappa shape index (κ2) is 9.31. The predicted octanol–water partition coefficient (Wildman–Crippen LogP) is 3.19. The number of likely N-dealkylation sites (tertiary alicyclic amines) is 1. The van der Waals surface area contributed by atoms with Crippen molar-refractivity contribution in [2.24, 2.45) is 5.92 Å². The zero-order valence-corrected chi connectivity index (χ0v) is 19.3. The van der Waals surface area contributed by atoms with E-state index >= 15 is 0 Å². The molecule has 1 saturated heterocycles. The fraction of sp³-hybridized carbons (Fsp3) is 0.444. The zero-order valence-electron chi connectivity index (χ0n) is 19.3. The lowest BCUT2D eigenvalue weighted by molar-refractivity contribution is -0.147. The molecule has 178 valence electrons. The lowest BCUT2D eigenvalue weighted by Gasteiger charge is -2.25. The molecule has 5 rings (SSSR count). The Morgan fingerprint density at radius 2 is 1.97 bits per heavy atom. The highest BCUT2D eigenvalue weighted by Crippen LogP contribution is 2.41. The third-order valence-electron chi connectivity index (χ3n) is 7.25. The van der Waals surface area contributed by atoms with Crippen LogP contribution >= 0.6 is 0 Å². The first-order chi connectivity index (χ1) is 16.4. The van der Waals surface area contributed by atoms with Gasteiger partial charge in [0.25, 0.3) is 0 Å². The van der Waals surface area contributed by atoms with Crippen LogP contribution in [0.15, 0.2) is 30.3 Å². The van der Waals surface area contributed by atoms with Crippen LogP contribution in [0, 0.1) is 5.92 Å². The highest BCUT2D eigenvalue weighted by atomic mass is 16.5. The van der Waals surface area contributed by atoms with Crippen molar-refractivity contribution in [1.29, 1.82) is 0 Å². The summed E-state index contributed by atoms with van der Waals surface area (Å²) in [6, 6.07) is 9.00. The molecular formula is C27H29NO6. The molecule has 2 atom stereocenters. The van der Waals surface area contributed by atoms with E-state index in [9.17, 15) is 14.4 Å². The summed E-state index contributed by atoms with van der Waals surface area (Å²) >= 11 is 0. The molecule has 1 fully saturated rings. The van der Waals surface area contributed by atoms with Gasteiger partial charge in [-0.25, -0.2) is 0 Å².